The van der Waals surface area contributed by atoms with E-state index >= 15 is 0 Å². The van der Waals surface area contributed by atoms with Gasteiger partial charge in [-0.1, -0.05) is 6.42 Å². The highest BCUT2D eigenvalue weighted by molar-refractivity contribution is 6.00. The summed E-state index contributed by atoms with van der Waals surface area (Å²) in [6.45, 7) is 0. The molecule has 1 aromatic carbocycles. The van der Waals surface area contributed by atoms with Crippen LogP contribution in [0, 0.1) is 35.2 Å². The average Bonchev–Trinajstić information content (AvgIpc) is 2.79. The average molecular weight is 240 g/mol. The van der Waals surface area contributed by atoms with E-state index in [1.54, 1.807) is 0 Å². The normalized spacial score (nSPS) is 30.2. The largest absolute Gasteiger partial charge is 0.294 e. The maximum absolute atomic E-state index is 13.4. The number of rotatable bonds is 2. The second kappa shape index (κ2) is 3.59. The van der Waals surface area contributed by atoms with Gasteiger partial charge in [0, 0.05) is 5.92 Å². The van der Waals surface area contributed by atoms with E-state index < -0.39 is 17.5 Å². The zero-order chi connectivity index (χ0) is 12.2. The SMILES string of the molecule is O=C(c1ccc(F)c(F)c1F)C1C2CCCC21. The Morgan fingerprint density at radius 3 is 2.35 bits per heavy atom. The Kier molecular flexibility index (Phi) is 2.28. The van der Waals surface area contributed by atoms with Gasteiger partial charge in [0.2, 0.25) is 0 Å². The molecule has 2 atom stereocenters. The van der Waals surface area contributed by atoms with Crippen molar-refractivity contribution in [3.63, 3.8) is 0 Å². The van der Waals surface area contributed by atoms with Crippen LogP contribution in [-0.4, -0.2) is 5.78 Å². The van der Waals surface area contributed by atoms with Gasteiger partial charge in [-0.15, -0.1) is 0 Å². The molecule has 90 valence electrons. The van der Waals surface area contributed by atoms with Crippen molar-refractivity contribution in [3.05, 3.63) is 35.1 Å². The molecule has 0 N–H and O–H groups in total. The third kappa shape index (κ3) is 1.50. The minimum atomic E-state index is -1.55. The fourth-order valence-corrected chi connectivity index (χ4v) is 3.11. The molecule has 0 amide bonds. The minimum absolute atomic E-state index is 0.164. The van der Waals surface area contributed by atoms with E-state index in [1.165, 1.54) is 0 Å². The van der Waals surface area contributed by atoms with Gasteiger partial charge in [-0.2, -0.15) is 0 Å². The van der Waals surface area contributed by atoms with Crippen molar-refractivity contribution < 1.29 is 18.0 Å². The van der Waals surface area contributed by atoms with Crippen LogP contribution in [0.4, 0.5) is 13.2 Å². The van der Waals surface area contributed by atoms with E-state index in [2.05, 4.69) is 0 Å². The van der Waals surface area contributed by atoms with Crippen LogP contribution in [0.3, 0.4) is 0 Å². The molecule has 0 heterocycles. The van der Waals surface area contributed by atoms with E-state index in [9.17, 15) is 18.0 Å². The van der Waals surface area contributed by atoms with Crippen molar-refractivity contribution >= 4 is 5.78 Å². The smallest absolute Gasteiger partial charge is 0.195 e. The Morgan fingerprint density at radius 1 is 1.06 bits per heavy atom. The predicted molar refractivity (Wildman–Crippen MR) is 55.0 cm³/mol. The number of hydrogen-bond acceptors (Lipinski definition) is 1. The molecule has 3 rings (SSSR count). The van der Waals surface area contributed by atoms with Crippen molar-refractivity contribution in [1.29, 1.82) is 0 Å². The molecular formula is C13H11F3O. The van der Waals surface area contributed by atoms with E-state index in [4.69, 9.17) is 0 Å². The Morgan fingerprint density at radius 2 is 1.71 bits per heavy atom. The first-order valence-corrected chi connectivity index (χ1v) is 5.79. The highest BCUT2D eigenvalue weighted by Gasteiger charge is 2.56. The Hall–Kier alpha value is -1.32. The lowest BCUT2D eigenvalue weighted by Gasteiger charge is -2.05. The predicted octanol–water partition coefficient (Wildman–Crippen LogP) is 3.33. The molecule has 2 aliphatic carbocycles. The highest BCUT2D eigenvalue weighted by Crippen LogP contribution is 2.58. The number of halogens is 3. The maximum atomic E-state index is 13.4. The van der Waals surface area contributed by atoms with Crippen molar-refractivity contribution in [2.45, 2.75) is 19.3 Å². The summed E-state index contributed by atoms with van der Waals surface area (Å²) in [7, 11) is 0. The van der Waals surface area contributed by atoms with Gasteiger partial charge in [0.05, 0.1) is 5.56 Å². The summed E-state index contributed by atoms with van der Waals surface area (Å²) in [5, 5.41) is 0. The molecule has 0 aliphatic heterocycles. The molecule has 2 unspecified atom stereocenters. The Bertz CT molecular complexity index is 488. The molecule has 17 heavy (non-hydrogen) atoms. The summed E-state index contributed by atoms with van der Waals surface area (Å²) in [5.74, 6) is -4.00. The van der Waals surface area contributed by atoms with E-state index in [0.717, 1.165) is 31.4 Å². The maximum Gasteiger partial charge on any atom is 0.195 e. The highest BCUT2D eigenvalue weighted by atomic mass is 19.2. The molecule has 2 aliphatic rings. The van der Waals surface area contributed by atoms with E-state index in [0.29, 0.717) is 11.8 Å². The first-order chi connectivity index (χ1) is 8.11. The summed E-state index contributed by atoms with van der Waals surface area (Å²) in [5.41, 5.74) is -0.302. The Labute approximate surface area is 96.6 Å². The second-order valence-corrected chi connectivity index (χ2v) is 4.87. The molecule has 2 saturated carbocycles. The molecule has 1 nitrogen and oxygen atoms in total. The van der Waals surface area contributed by atoms with Gasteiger partial charge >= 0.3 is 0 Å². The van der Waals surface area contributed by atoms with Gasteiger partial charge in [0.1, 0.15) is 0 Å². The van der Waals surface area contributed by atoms with Gasteiger partial charge in [0.25, 0.3) is 0 Å². The standard InChI is InChI=1S/C13H11F3O/c14-9-5-4-8(11(15)12(9)16)13(17)10-6-2-1-3-7(6)10/h4-7,10H,1-3H2. The van der Waals surface area contributed by atoms with Crippen LogP contribution >= 0.6 is 0 Å². The van der Waals surface area contributed by atoms with Crippen LogP contribution in [0.1, 0.15) is 29.6 Å². The van der Waals surface area contributed by atoms with E-state index in [-0.39, 0.29) is 17.3 Å². The van der Waals surface area contributed by atoms with Gasteiger partial charge in [-0.25, -0.2) is 13.2 Å². The van der Waals surface area contributed by atoms with Crippen molar-refractivity contribution in [2.24, 2.45) is 17.8 Å². The van der Waals surface area contributed by atoms with E-state index in [1.807, 2.05) is 0 Å². The summed E-state index contributed by atoms with van der Waals surface area (Å²) >= 11 is 0. The van der Waals surface area contributed by atoms with Crippen LogP contribution in [0.5, 0.6) is 0 Å². The fourth-order valence-electron chi connectivity index (χ4n) is 3.11. The summed E-state index contributed by atoms with van der Waals surface area (Å²) in [6.07, 6.45) is 3.10. The zero-order valence-electron chi connectivity index (χ0n) is 9.05. The first kappa shape index (κ1) is 10.8. The lowest BCUT2D eigenvalue weighted by Crippen LogP contribution is -2.10. The van der Waals surface area contributed by atoms with Gasteiger partial charge in [0.15, 0.2) is 23.2 Å². The number of fused-ring (bicyclic) bond motifs is 1. The number of hydrogen-bond donors (Lipinski definition) is 0. The van der Waals surface area contributed by atoms with Crippen LogP contribution in [0.25, 0.3) is 0 Å². The van der Waals surface area contributed by atoms with Crippen LogP contribution in [0.15, 0.2) is 12.1 Å². The number of benzene rings is 1. The molecule has 0 saturated heterocycles. The lowest BCUT2D eigenvalue weighted by atomic mass is 10.0. The third-order valence-corrected chi connectivity index (χ3v) is 4.01. The molecule has 0 aromatic heterocycles. The quantitative estimate of drug-likeness (QED) is 0.572. The third-order valence-electron chi connectivity index (χ3n) is 4.01. The summed E-state index contributed by atoms with van der Waals surface area (Å²) in [6, 6.07) is 1.86. The molecule has 0 bridgehead atoms. The molecule has 2 fully saturated rings. The monoisotopic (exact) mass is 240 g/mol. The van der Waals surface area contributed by atoms with Crippen LogP contribution in [0.2, 0.25) is 0 Å². The van der Waals surface area contributed by atoms with Crippen LogP contribution < -0.4 is 0 Å². The second-order valence-electron chi connectivity index (χ2n) is 4.87. The number of carbonyl (C=O) groups is 1. The van der Waals surface area contributed by atoms with Crippen molar-refractivity contribution in [1.82, 2.24) is 0 Å². The number of Topliss-reactive ketones (excluding diaryl/α,β-unsaturated/α-hetero) is 1. The zero-order valence-corrected chi connectivity index (χ0v) is 9.05. The molecule has 0 radical (unpaired) electrons. The Balaban J connectivity index is 1.90. The van der Waals surface area contributed by atoms with Gasteiger partial charge in [-0.05, 0) is 36.8 Å². The van der Waals surface area contributed by atoms with Gasteiger partial charge in [-0.3, -0.25) is 4.79 Å². The lowest BCUT2D eigenvalue weighted by molar-refractivity contribution is 0.0946. The van der Waals surface area contributed by atoms with Crippen LogP contribution in [-0.2, 0) is 0 Å². The molecule has 0 spiro atoms. The first-order valence-electron chi connectivity index (χ1n) is 5.79. The number of ketones is 1. The topological polar surface area (TPSA) is 17.1 Å². The van der Waals surface area contributed by atoms with Crippen molar-refractivity contribution in [2.75, 3.05) is 0 Å². The molecule has 4 heteroatoms. The fraction of sp³-hybridized carbons (Fsp3) is 0.462. The molecule has 1 aromatic rings. The number of carbonyl (C=O) groups excluding carboxylic acids is 1. The molecular weight excluding hydrogens is 229 g/mol. The van der Waals surface area contributed by atoms with Gasteiger partial charge < -0.3 is 0 Å². The summed E-state index contributed by atoms with van der Waals surface area (Å²) < 4.78 is 39.2. The van der Waals surface area contributed by atoms with Crippen molar-refractivity contribution in [3.8, 4) is 0 Å². The minimum Gasteiger partial charge on any atom is -0.294 e. The summed E-state index contributed by atoms with van der Waals surface area (Å²) in [4.78, 5) is 12.0.